The second-order valence-electron chi connectivity index (χ2n) is 5.93. The minimum absolute atomic E-state index is 0.433. The molecule has 0 saturated heterocycles. The predicted octanol–water partition coefficient (Wildman–Crippen LogP) is 4.50. The molecule has 3 aromatic rings. The van der Waals surface area contributed by atoms with Crippen LogP contribution >= 0.6 is 7.37 Å². The third kappa shape index (κ3) is 2.98. The molecule has 26 heavy (non-hydrogen) atoms. The van der Waals surface area contributed by atoms with E-state index in [0.717, 1.165) is 0 Å². The number of rotatable bonds is 3. The smallest absolute Gasteiger partial charge is 0.320 e. The number of carbonyl (C=O) groups excluding carboxylic acids is 1. The fraction of sp³-hybridized carbons (Fsp3) is 0.0500. The van der Waals surface area contributed by atoms with Gasteiger partial charge in [0, 0.05) is 11.3 Å². The molecule has 3 aromatic carbocycles. The topological polar surface area (TPSA) is 67.4 Å². The van der Waals surface area contributed by atoms with E-state index in [1.807, 2.05) is 54.6 Å². The van der Waals surface area contributed by atoms with Gasteiger partial charge in [0.15, 0.2) is 5.78 Å². The first kappa shape index (κ1) is 16.4. The molecule has 6 heteroatoms. The molecule has 0 bridgehead atoms. The summed E-state index contributed by atoms with van der Waals surface area (Å²) >= 11 is 0. The fourth-order valence-electron chi connectivity index (χ4n) is 2.98. The van der Waals surface area contributed by atoms with Crippen LogP contribution in [0.3, 0.4) is 0 Å². The Bertz CT molecular complexity index is 977. The number of benzene rings is 3. The molecule has 4 rings (SSSR count). The van der Waals surface area contributed by atoms with Gasteiger partial charge in [-0.3, -0.25) is 4.57 Å². The van der Waals surface area contributed by atoms with Gasteiger partial charge in [0.1, 0.15) is 5.75 Å². The van der Waals surface area contributed by atoms with Crippen LogP contribution in [0.5, 0.6) is 5.75 Å². The van der Waals surface area contributed by atoms with Gasteiger partial charge in [-0.15, -0.1) is 0 Å². The Morgan fingerprint density at radius 3 is 2.19 bits per heavy atom. The molecule has 0 aromatic heterocycles. The third-order valence-corrected chi connectivity index (χ3v) is 6.78. The van der Waals surface area contributed by atoms with E-state index < -0.39 is 19.2 Å². The highest BCUT2D eigenvalue weighted by Crippen LogP contribution is 2.64. The standard InChI is InChI=1S/C20H17N2O3P/c23-20(21-15-9-3-1-4-10-15)22-19-17-13-7-8-14-18(17)25-26(19,24)16-11-5-2-6-12-16/h1-14,19H,(H2,21,22,23)/t19-,26-/m1/s1. The van der Waals surface area contributed by atoms with E-state index in [-0.39, 0.29) is 0 Å². The molecule has 1 aliphatic rings. The summed E-state index contributed by atoms with van der Waals surface area (Å²) in [6, 6.07) is 24.9. The lowest BCUT2D eigenvalue weighted by molar-refractivity contribution is 0.251. The van der Waals surface area contributed by atoms with Crippen molar-refractivity contribution in [1.82, 2.24) is 5.32 Å². The highest BCUT2D eigenvalue weighted by Gasteiger charge is 2.46. The minimum atomic E-state index is -3.35. The van der Waals surface area contributed by atoms with Crippen LogP contribution in [-0.2, 0) is 4.57 Å². The number of fused-ring (bicyclic) bond motifs is 1. The second-order valence-corrected chi connectivity index (χ2v) is 8.34. The van der Waals surface area contributed by atoms with E-state index in [1.54, 1.807) is 30.3 Å². The van der Waals surface area contributed by atoms with Gasteiger partial charge in [0.25, 0.3) is 0 Å². The van der Waals surface area contributed by atoms with Crippen LogP contribution in [0, 0.1) is 0 Å². The van der Waals surface area contributed by atoms with Crippen LogP contribution in [0.4, 0.5) is 10.5 Å². The molecular formula is C20H17N2O3P. The van der Waals surface area contributed by atoms with Crippen LogP contribution < -0.4 is 20.5 Å². The van der Waals surface area contributed by atoms with E-state index in [9.17, 15) is 9.36 Å². The molecule has 0 aliphatic carbocycles. The van der Waals surface area contributed by atoms with E-state index in [4.69, 9.17) is 4.52 Å². The monoisotopic (exact) mass is 364 g/mol. The number of amides is 2. The normalized spacial score (nSPS) is 20.7. The van der Waals surface area contributed by atoms with Gasteiger partial charge in [-0.05, 0) is 30.3 Å². The zero-order valence-electron chi connectivity index (χ0n) is 13.8. The minimum Gasteiger partial charge on any atom is -0.438 e. The number of hydrogen-bond acceptors (Lipinski definition) is 3. The van der Waals surface area contributed by atoms with Gasteiger partial charge >= 0.3 is 13.4 Å². The quantitative estimate of drug-likeness (QED) is 0.672. The molecule has 0 spiro atoms. The molecule has 2 N–H and O–H groups in total. The number of hydrogen-bond donors (Lipinski definition) is 2. The molecule has 2 atom stereocenters. The van der Waals surface area contributed by atoms with Crippen LogP contribution in [0.2, 0.25) is 0 Å². The zero-order valence-corrected chi connectivity index (χ0v) is 14.7. The molecular weight excluding hydrogens is 347 g/mol. The van der Waals surface area contributed by atoms with Crippen molar-refractivity contribution >= 4 is 24.4 Å². The number of carbonyl (C=O) groups is 1. The van der Waals surface area contributed by atoms with Gasteiger partial charge in [-0.25, -0.2) is 4.79 Å². The first-order valence-electron chi connectivity index (χ1n) is 8.23. The molecule has 0 unspecified atom stereocenters. The molecule has 2 amide bonds. The van der Waals surface area contributed by atoms with Crippen molar-refractivity contribution in [1.29, 1.82) is 0 Å². The van der Waals surface area contributed by atoms with Crippen molar-refractivity contribution in [3.8, 4) is 5.75 Å². The molecule has 0 radical (unpaired) electrons. The maximum atomic E-state index is 13.7. The summed E-state index contributed by atoms with van der Waals surface area (Å²) in [4.78, 5) is 12.5. The van der Waals surface area contributed by atoms with Gasteiger partial charge in [-0.2, -0.15) is 0 Å². The van der Waals surface area contributed by atoms with Gasteiger partial charge in [0.05, 0.1) is 5.30 Å². The molecule has 130 valence electrons. The largest absolute Gasteiger partial charge is 0.438 e. The summed E-state index contributed by atoms with van der Waals surface area (Å²) in [6.45, 7) is 0. The number of urea groups is 1. The molecule has 0 fully saturated rings. The van der Waals surface area contributed by atoms with Gasteiger partial charge < -0.3 is 15.2 Å². The lowest BCUT2D eigenvalue weighted by Gasteiger charge is -2.21. The summed E-state index contributed by atoms with van der Waals surface area (Å²) in [5, 5.41) is 6.17. The Morgan fingerprint density at radius 1 is 0.846 bits per heavy atom. The van der Waals surface area contributed by atoms with Crippen LogP contribution in [-0.4, -0.2) is 6.03 Å². The van der Waals surface area contributed by atoms with Crippen molar-refractivity contribution in [3.05, 3.63) is 90.5 Å². The lowest BCUT2D eigenvalue weighted by Crippen LogP contribution is -2.33. The number of nitrogens with one attached hydrogen (secondary N) is 2. The van der Waals surface area contributed by atoms with Crippen molar-refractivity contribution in [3.63, 3.8) is 0 Å². The van der Waals surface area contributed by atoms with E-state index in [2.05, 4.69) is 10.6 Å². The summed E-state index contributed by atoms with van der Waals surface area (Å²) in [6.07, 6.45) is 0. The highest BCUT2D eigenvalue weighted by molar-refractivity contribution is 7.68. The second kappa shape index (κ2) is 6.70. The SMILES string of the molecule is O=C(Nc1ccccc1)N[C@H]1c2ccccc2O[P@]1(=O)c1ccccc1. The van der Waals surface area contributed by atoms with Crippen LogP contribution in [0.1, 0.15) is 11.3 Å². The Morgan fingerprint density at radius 2 is 1.46 bits per heavy atom. The predicted molar refractivity (Wildman–Crippen MR) is 102 cm³/mol. The first-order chi connectivity index (χ1) is 12.7. The first-order valence-corrected chi connectivity index (χ1v) is 9.93. The fourth-order valence-corrected chi connectivity index (χ4v) is 5.41. The highest BCUT2D eigenvalue weighted by atomic mass is 31.2. The van der Waals surface area contributed by atoms with Crippen molar-refractivity contribution < 1.29 is 13.9 Å². The summed E-state index contributed by atoms with van der Waals surface area (Å²) < 4.78 is 19.6. The van der Waals surface area contributed by atoms with E-state index in [1.165, 1.54) is 0 Å². The average Bonchev–Trinajstić information content (AvgIpc) is 2.96. The Labute approximate surface area is 151 Å². The summed E-state index contributed by atoms with van der Waals surface area (Å²) in [7, 11) is -3.35. The Balaban J connectivity index is 1.66. The van der Waals surface area contributed by atoms with Gasteiger partial charge in [0.2, 0.25) is 0 Å². The molecule has 5 nitrogen and oxygen atoms in total. The van der Waals surface area contributed by atoms with Crippen molar-refractivity contribution in [2.24, 2.45) is 0 Å². The van der Waals surface area contributed by atoms with E-state index in [0.29, 0.717) is 22.3 Å². The molecule has 1 heterocycles. The van der Waals surface area contributed by atoms with Crippen LogP contribution in [0.25, 0.3) is 0 Å². The van der Waals surface area contributed by atoms with Gasteiger partial charge in [-0.1, -0.05) is 54.6 Å². The maximum Gasteiger partial charge on any atom is 0.320 e. The van der Waals surface area contributed by atoms with E-state index >= 15 is 0 Å². The maximum absolute atomic E-state index is 13.7. The molecule has 0 saturated carbocycles. The Kier molecular flexibility index (Phi) is 4.23. The molecule has 1 aliphatic heterocycles. The average molecular weight is 364 g/mol. The third-order valence-electron chi connectivity index (χ3n) is 4.20. The van der Waals surface area contributed by atoms with Crippen molar-refractivity contribution in [2.75, 3.05) is 5.32 Å². The lowest BCUT2D eigenvalue weighted by atomic mass is 10.2. The zero-order chi connectivity index (χ0) is 18.0. The number of para-hydroxylation sites is 2. The van der Waals surface area contributed by atoms with Crippen LogP contribution in [0.15, 0.2) is 84.9 Å². The summed E-state index contributed by atoms with van der Waals surface area (Å²) in [5.74, 6) is -0.213. The summed E-state index contributed by atoms with van der Waals surface area (Å²) in [5.41, 5.74) is 1.37. The Hall–Kier alpha value is -3.04. The number of anilines is 1. The van der Waals surface area contributed by atoms with Crippen molar-refractivity contribution in [2.45, 2.75) is 5.78 Å².